The Kier molecular flexibility index (Phi) is 5.13. The summed E-state index contributed by atoms with van der Waals surface area (Å²) in [5.74, 6) is 1.47. The summed E-state index contributed by atoms with van der Waals surface area (Å²) < 4.78 is 0. The molecule has 4 heteroatoms. The van der Waals surface area contributed by atoms with Gasteiger partial charge in [0.05, 0.1) is 5.69 Å². The summed E-state index contributed by atoms with van der Waals surface area (Å²) in [6.07, 6.45) is 3.92. The number of benzene rings is 1. The van der Waals surface area contributed by atoms with Crippen LogP contribution in [0.25, 0.3) is 0 Å². The molecule has 0 amide bonds. The Balaban J connectivity index is 1.68. The molecule has 2 heterocycles. The molecule has 0 unspecified atom stereocenters. The number of rotatable bonds is 5. The van der Waals surface area contributed by atoms with Gasteiger partial charge in [-0.1, -0.05) is 29.8 Å². The van der Waals surface area contributed by atoms with Gasteiger partial charge >= 0.3 is 0 Å². The van der Waals surface area contributed by atoms with Gasteiger partial charge in [0.15, 0.2) is 5.82 Å². The number of aliphatic hydroxyl groups is 1. The summed E-state index contributed by atoms with van der Waals surface area (Å²) in [5.41, 5.74) is 3.64. The zero-order valence-electron chi connectivity index (χ0n) is 13.7. The summed E-state index contributed by atoms with van der Waals surface area (Å²) >= 11 is 0. The highest BCUT2D eigenvalue weighted by Gasteiger charge is 2.21. The van der Waals surface area contributed by atoms with Crippen molar-refractivity contribution in [3.63, 3.8) is 0 Å². The predicted octanol–water partition coefficient (Wildman–Crippen LogP) is 3.21. The van der Waals surface area contributed by atoms with E-state index < -0.39 is 0 Å². The van der Waals surface area contributed by atoms with E-state index in [4.69, 9.17) is 0 Å². The topological polar surface area (TPSA) is 48.4 Å². The fourth-order valence-electron chi connectivity index (χ4n) is 3.13. The van der Waals surface area contributed by atoms with Crippen LogP contribution in [-0.2, 0) is 6.54 Å². The second-order valence-corrected chi connectivity index (χ2v) is 6.33. The quantitative estimate of drug-likeness (QED) is 0.890. The minimum absolute atomic E-state index is 0.300. The Morgan fingerprint density at radius 3 is 2.78 bits per heavy atom. The number of aromatic nitrogens is 1. The van der Waals surface area contributed by atoms with Crippen molar-refractivity contribution in [3.05, 3.63) is 53.7 Å². The normalized spacial score (nSPS) is 15.7. The van der Waals surface area contributed by atoms with Gasteiger partial charge < -0.3 is 15.3 Å². The number of aliphatic hydroxyl groups excluding tert-OH is 1. The lowest BCUT2D eigenvalue weighted by molar-refractivity contribution is 0.203. The zero-order valence-corrected chi connectivity index (χ0v) is 13.7. The number of aryl methyl sites for hydroxylation is 1. The van der Waals surface area contributed by atoms with E-state index in [0.717, 1.165) is 44.0 Å². The molecular formula is C19H25N3O. The first kappa shape index (κ1) is 15.8. The molecule has 0 saturated carbocycles. The molecule has 23 heavy (non-hydrogen) atoms. The first-order valence-corrected chi connectivity index (χ1v) is 8.36. The summed E-state index contributed by atoms with van der Waals surface area (Å²) in [4.78, 5) is 6.91. The number of hydrogen-bond donors (Lipinski definition) is 2. The highest BCUT2D eigenvalue weighted by atomic mass is 16.3. The van der Waals surface area contributed by atoms with Crippen LogP contribution in [0, 0.1) is 12.8 Å². The van der Waals surface area contributed by atoms with Crippen molar-refractivity contribution in [2.75, 3.05) is 29.9 Å². The number of nitrogens with one attached hydrogen (secondary N) is 1. The van der Waals surface area contributed by atoms with Crippen LogP contribution in [0.3, 0.4) is 0 Å². The van der Waals surface area contributed by atoms with Gasteiger partial charge in [-0.05, 0) is 43.4 Å². The van der Waals surface area contributed by atoms with Crippen LogP contribution in [0.15, 0.2) is 42.6 Å². The SMILES string of the molecule is Cc1cccc(CNc2cccnc2N2CCC(CO)CC2)c1. The average molecular weight is 311 g/mol. The van der Waals surface area contributed by atoms with Crippen molar-refractivity contribution in [2.24, 2.45) is 5.92 Å². The molecule has 0 atom stereocenters. The van der Waals surface area contributed by atoms with Crippen molar-refractivity contribution in [1.82, 2.24) is 4.98 Å². The molecule has 2 N–H and O–H groups in total. The van der Waals surface area contributed by atoms with E-state index in [1.165, 1.54) is 11.1 Å². The highest BCUT2D eigenvalue weighted by Crippen LogP contribution is 2.27. The maximum atomic E-state index is 9.29. The van der Waals surface area contributed by atoms with Crippen LogP contribution >= 0.6 is 0 Å². The van der Waals surface area contributed by atoms with E-state index in [9.17, 15) is 5.11 Å². The first-order valence-electron chi connectivity index (χ1n) is 8.36. The van der Waals surface area contributed by atoms with Gasteiger partial charge in [-0.25, -0.2) is 4.98 Å². The molecule has 1 fully saturated rings. The minimum atomic E-state index is 0.300. The monoisotopic (exact) mass is 311 g/mol. The third-order valence-electron chi connectivity index (χ3n) is 4.52. The molecule has 3 rings (SSSR count). The van der Waals surface area contributed by atoms with E-state index in [-0.39, 0.29) is 0 Å². The molecule has 122 valence electrons. The minimum Gasteiger partial charge on any atom is -0.396 e. The van der Waals surface area contributed by atoms with Crippen molar-refractivity contribution in [2.45, 2.75) is 26.3 Å². The maximum absolute atomic E-state index is 9.29. The third-order valence-corrected chi connectivity index (χ3v) is 4.52. The standard InChI is InChI=1S/C19H25N3O/c1-15-4-2-5-17(12-15)13-21-18-6-3-9-20-19(18)22-10-7-16(14-23)8-11-22/h2-6,9,12,16,21,23H,7-8,10-11,13-14H2,1H3. The van der Waals surface area contributed by atoms with E-state index >= 15 is 0 Å². The number of pyridine rings is 1. The number of hydrogen-bond acceptors (Lipinski definition) is 4. The van der Waals surface area contributed by atoms with Crippen LogP contribution in [0.1, 0.15) is 24.0 Å². The van der Waals surface area contributed by atoms with Crippen molar-refractivity contribution in [1.29, 1.82) is 0 Å². The van der Waals surface area contributed by atoms with Crippen molar-refractivity contribution in [3.8, 4) is 0 Å². The summed E-state index contributed by atoms with van der Waals surface area (Å²) in [7, 11) is 0. The lowest BCUT2D eigenvalue weighted by atomic mass is 9.98. The molecule has 4 nitrogen and oxygen atoms in total. The summed E-state index contributed by atoms with van der Waals surface area (Å²) in [5, 5.41) is 12.8. The Morgan fingerprint density at radius 1 is 1.22 bits per heavy atom. The Morgan fingerprint density at radius 2 is 2.04 bits per heavy atom. The van der Waals surface area contributed by atoms with E-state index in [1.807, 2.05) is 12.3 Å². The molecule has 0 aliphatic carbocycles. The smallest absolute Gasteiger partial charge is 0.151 e. The van der Waals surface area contributed by atoms with Crippen LogP contribution < -0.4 is 10.2 Å². The number of nitrogens with zero attached hydrogens (tertiary/aromatic N) is 2. The second kappa shape index (κ2) is 7.47. The third kappa shape index (κ3) is 4.02. The first-order chi connectivity index (χ1) is 11.3. The van der Waals surface area contributed by atoms with Crippen LogP contribution in [0.2, 0.25) is 0 Å². The van der Waals surface area contributed by atoms with Gasteiger partial charge in [0, 0.05) is 32.4 Å². The zero-order chi connectivity index (χ0) is 16.1. The van der Waals surface area contributed by atoms with Gasteiger partial charge in [0.2, 0.25) is 0 Å². The summed E-state index contributed by atoms with van der Waals surface area (Å²) in [6, 6.07) is 12.6. The van der Waals surface area contributed by atoms with Gasteiger partial charge in [-0.3, -0.25) is 0 Å². The van der Waals surface area contributed by atoms with Crippen LogP contribution in [-0.4, -0.2) is 29.8 Å². The molecule has 2 aromatic rings. The molecule has 0 bridgehead atoms. The highest BCUT2D eigenvalue weighted by molar-refractivity contribution is 5.65. The lowest BCUT2D eigenvalue weighted by Gasteiger charge is -2.33. The van der Waals surface area contributed by atoms with E-state index in [2.05, 4.69) is 52.5 Å². The predicted molar refractivity (Wildman–Crippen MR) is 94.8 cm³/mol. The molecule has 0 radical (unpaired) electrons. The van der Waals surface area contributed by atoms with Gasteiger partial charge in [0.1, 0.15) is 0 Å². The molecular weight excluding hydrogens is 286 g/mol. The Labute approximate surface area is 138 Å². The molecule has 1 aliphatic heterocycles. The fourth-order valence-corrected chi connectivity index (χ4v) is 3.13. The van der Waals surface area contributed by atoms with Gasteiger partial charge in [-0.2, -0.15) is 0 Å². The lowest BCUT2D eigenvalue weighted by Crippen LogP contribution is -2.35. The summed E-state index contributed by atoms with van der Waals surface area (Å²) in [6.45, 7) is 5.13. The molecule has 1 aromatic heterocycles. The van der Waals surface area contributed by atoms with Crippen molar-refractivity contribution < 1.29 is 5.11 Å². The molecule has 1 aromatic carbocycles. The van der Waals surface area contributed by atoms with Gasteiger partial charge in [-0.15, -0.1) is 0 Å². The molecule has 1 aliphatic rings. The van der Waals surface area contributed by atoms with Gasteiger partial charge in [0.25, 0.3) is 0 Å². The second-order valence-electron chi connectivity index (χ2n) is 6.33. The number of anilines is 2. The van der Waals surface area contributed by atoms with E-state index in [0.29, 0.717) is 12.5 Å². The average Bonchev–Trinajstić information content (AvgIpc) is 2.60. The number of piperidine rings is 1. The fraction of sp³-hybridized carbons (Fsp3) is 0.421. The Bertz CT molecular complexity index is 636. The molecule has 1 saturated heterocycles. The van der Waals surface area contributed by atoms with Crippen LogP contribution in [0.4, 0.5) is 11.5 Å². The Hall–Kier alpha value is -2.07. The van der Waals surface area contributed by atoms with Crippen LogP contribution in [0.5, 0.6) is 0 Å². The van der Waals surface area contributed by atoms with Crippen molar-refractivity contribution >= 4 is 11.5 Å². The van der Waals surface area contributed by atoms with E-state index in [1.54, 1.807) is 0 Å². The largest absolute Gasteiger partial charge is 0.396 e. The maximum Gasteiger partial charge on any atom is 0.151 e. The molecule has 0 spiro atoms.